The molecule has 0 aromatic heterocycles. The molecule has 0 aliphatic rings. The SMILES string of the molecule is CC(C)N(C)CCCNCC(O)COc1ccc(F)cc1. The Hall–Kier alpha value is -1.17. The molecule has 120 valence electrons. The lowest BCUT2D eigenvalue weighted by molar-refractivity contribution is 0.106. The van der Waals surface area contributed by atoms with Gasteiger partial charge in [-0.1, -0.05) is 0 Å². The van der Waals surface area contributed by atoms with Crippen LogP contribution in [0.3, 0.4) is 0 Å². The van der Waals surface area contributed by atoms with Gasteiger partial charge >= 0.3 is 0 Å². The maximum atomic E-state index is 12.7. The predicted octanol–water partition coefficient (Wildman–Crippen LogP) is 1.89. The summed E-state index contributed by atoms with van der Waals surface area (Å²) in [5, 5.41) is 13.0. The molecule has 0 aliphatic carbocycles. The van der Waals surface area contributed by atoms with Crippen LogP contribution in [0.5, 0.6) is 5.75 Å². The summed E-state index contributed by atoms with van der Waals surface area (Å²) in [6.45, 7) is 6.93. The predicted molar refractivity (Wildman–Crippen MR) is 83.2 cm³/mol. The summed E-state index contributed by atoms with van der Waals surface area (Å²) in [6.07, 6.45) is 0.470. The molecule has 1 unspecified atom stereocenters. The van der Waals surface area contributed by atoms with Gasteiger partial charge in [-0.15, -0.1) is 0 Å². The molecule has 0 radical (unpaired) electrons. The van der Waals surface area contributed by atoms with Crippen LogP contribution in [0.4, 0.5) is 4.39 Å². The zero-order chi connectivity index (χ0) is 15.7. The molecule has 0 spiro atoms. The number of aliphatic hydroxyl groups is 1. The summed E-state index contributed by atoms with van der Waals surface area (Å²) in [4.78, 5) is 2.29. The van der Waals surface area contributed by atoms with Crippen LogP contribution in [0, 0.1) is 5.82 Å². The fourth-order valence-corrected chi connectivity index (χ4v) is 1.76. The van der Waals surface area contributed by atoms with E-state index in [1.165, 1.54) is 12.1 Å². The van der Waals surface area contributed by atoms with E-state index in [0.29, 0.717) is 18.3 Å². The first-order valence-corrected chi connectivity index (χ1v) is 7.46. The second kappa shape index (κ2) is 9.71. The van der Waals surface area contributed by atoms with Crippen molar-refractivity contribution in [1.82, 2.24) is 10.2 Å². The lowest BCUT2D eigenvalue weighted by Gasteiger charge is -2.21. The van der Waals surface area contributed by atoms with E-state index in [1.807, 2.05) is 0 Å². The second-order valence-corrected chi connectivity index (χ2v) is 5.55. The Balaban J connectivity index is 2.06. The maximum Gasteiger partial charge on any atom is 0.123 e. The number of nitrogens with zero attached hydrogens (tertiary/aromatic N) is 1. The van der Waals surface area contributed by atoms with Crippen molar-refractivity contribution in [3.63, 3.8) is 0 Å². The second-order valence-electron chi connectivity index (χ2n) is 5.55. The molecule has 1 atom stereocenters. The first-order valence-electron chi connectivity index (χ1n) is 7.46. The number of benzene rings is 1. The molecule has 2 N–H and O–H groups in total. The highest BCUT2D eigenvalue weighted by Gasteiger charge is 2.06. The molecule has 5 heteroatoms. The zero-order valence-corrected chi connectivity index (χ0v) is 13.2. The number of nitrogens with one attached hydrogen (secondary N) is 1. The maximum absolute atomic E-state index is 12.7. The highest BCUT2D eigenvalue weighted by molar-refractivity contribution is 5.22. The average Bonchev–Trinajstić information content (AvgIpc) is 2.46. The van der Waals surface area contributed by atoms with Gasteiger partial charge in [0.2, 0.25) is 0 Å². The first-order chi connectivity index (χ1) is 9.99. The molecule has 1 rings (SSSR count). The lowest BCUT2D eigenvalue weighted by Crippen LogP contribution is -2.34. The van der Waals surface area contributed by atoms with E-state index >= 15 is 0 Å². The topological polar surface area (TPSA) is 44.7 Å². The quantitative estimate of drug-likeness (QED) is 0.648. The molecule has 1 aromatic carbocycles. The third kappa shape index (κ3) is 7.99. The molecule has 1 aromatic rings. The van der Waals surface area contributed by atoms with Crippen LogP contribution in [0.15, 0.2) is 24.3 Å². The van der Waals surface area contributed by atoms with E-state index in [1.54, 1.807) is 12.1 Å². The normalized spacial score (nSPS) is 12.9. The van der Waals surface area contributed by atoms with Crippen LogP contribution in [-0.2, 0) is 0 Å². The van der Waals surface area contributed by atoms with E-state index in [2.05, 4.69) is 31.1 Å². The van der Waals surface area contributed by atoms with Gasteiger partial charge in [0.05, 0.1) is 0 Å². The summed E-state index contributed by atoms with van der Waals surface area (Å²) in [6, 6.07) is 6.34. The first kappa shape index (κ1) is 17.9. The largest absolute Gasteiger partial charge is 0.491 e. The zero-order valence-electron chi connectivity index (χ0n) is 13.2. The molecule has 0 aliphatic heterocycles. The van der Waals surface area contributed by atoms with Gasteiger partial charge in [0.1, 0.15) is 24.3 Å². The summed E-state index contributed by atoms with van der Waals surface area (Å²) in [5.74, 6) is 0.268. The fraction of sp³-hybridized carbons (Fsp3) is 0.625. The van der Waals surface area contributed by atoms with Crippen LogP contribution in [-0.4, -0.2) is 55.4 Å². The fourth-order valence-electron chi connectivity index (χ4n) is 1.76. The monoisotopic (exact) mass is 298 g/mol. The molecule has 0 fully saturated rings. The highest BCUT2D eigenvalue weighted by Crippen LogP contribution is 2.11. The van der Waals surface area contributed by atoms with E-state index in [-0.39, 0.29) is 12.4 Å². The Morgan fingerprint density at radius 3 is 2.57 bits per heavy atom. The van der Waals surface area contributed by atoms with Crippen molar-refractivity contribution < 1.29 is 14.2 Å². The Morgan fingerprint density at radius 1 is 1.29 bits per heavy atom. The summed E-state index contributed by atoms with van der Waals surface area (Å²) < 4.78 is 18.1. The molecule has 0 saturated heterocycles. The minimum Gasteiger partial charge on any atom is -0.491 e. The van der Waals surface area contributed by atoms with Gasteiger partial charge < -0.3 is 20.1 Å². The van der Waals surface area contributed by atoms with Crippen LogP contribution in [0.2, 0.25) is 0 Å². The smallest absolute Gasteiger partial charge is 0.123 e. The van der Waals surface area contributed by atoms with Gasteiger partial charge in [-0.25, -0.2) is 4.39 Å². The van der Waals surface area contributed by atoms with Crippen molar-refractivity contribution in [3.8, 4) is 5.75 Å². The van der Waals surface area contributed by atoms with Crippen LogP contribution < -0.4 is 10.1 Å². The third-order valence-electron chi connectivity index (χ3n) is 3.38. The van der Waals surface area contributed by atoms with Crippen LogP contribution in [0.25, 0.3) is 0 Å². The summed E-state index contributed by atoms with van der Waals surface area (Å²) in [7, 11) is 2.11. The number of hydrogen-bond donors (Lipinski definition) is 2. The Kier molecular flexibility index (Phi) is 8.27. The van der Waals surface area contributed by atoms with Crippen molar-refractivity contribution in [2.45, 2.75) is 32.4 Å². The average molecular weight is 298 g/mol. The highest BCUT2D eigenvalue weighted by atomic mass is 19.1. The summed E-state index contributed by atoms with van der Waals surface area (Å²) >= 11 is 0. The molecule has 0 heterocycles. The van der Waals surface area contributed by atoms with Gasteiger partial charge in [-0.3, -0.25) is 0 Å². The van der Waals surface area contributed by atoms with Crippen molar-refractivity contribution in [3.05, 3.63) is 30.1 Å². The lowest BCUT2D eigenvalue weighted by atomic mass is 10.3. The van der Waals surface area contributed by atoms with Crippen LogP contribution in [0.1, 0.15) is 20.3 Å². The Labute approximate surface area is 126 Å². The third-order valence-corrected chi connectivity index (χ3v) is 3.38. The number of aliphatic hydroxyl groups excluding tert-OH is 1. The van der Waals surface area contributed by atoms with Gasteiger partial charge in [0.25, 0.3) is 0 Å². The molecular weight excluding hydrogens is 271 g/mol. The summed E-state index contributed by atoms with van der Waals surface area (Å²) in [5.41, 5.74) is 0. The molecule has 21 heavy (non-hydrogen) atoms. The molecular formula is C16H27FN2O2. The van der Waals surface area contributed by atoms with Gasteiger partial charge in [-0.2, -0.15) is 0 Å². The molecule has 4 nitrogen and oxygen atoms in total. The van der Waals surface area contributed by atoms with E-state index in [9.17, 15) is 9.50 Å². The van der Waals surface area contributed by atoms with Gasteiger partial charge in [0.15, 0.2) is 0 Å². The Morgan fingerprint density at radius 2 is 1.95 bits per heavy atom. The molecule has 0 amide bonds. The number of halogens is 1. The van der Waals surface area contributed by atoms with Crippen molar-refractivity contribution in [2.24, 2.45) is 0 Å². The number of rotatable bonds is 10. The number of ether oxygens (including phenoxy) is 1. The van der Waals surface area contributed by atoms with Gasteiger partial charge in [-0.05, 0) is 64.7 Å². The minimum atomic E-state index is -0.571. The molecule has 0 bridgehead atoms. The minimum absolute atomic E-state index is 0.199. The van der Waals surface area contributed by atoms with Crippen molar-refractivity contribution in [1.29, 1.82) is 0 Å². The van der Waals surface area contributed by atoms with E-state index in [4.69, 9.17) is 4.74 Å². The van der Waals surface area contributed by atoms with Gasteiger partial charge in [0, 0.05) is 12.6 Å². The van der Waals surface area contributed by atoms with E-state index in [0.717, 1.165) is 19.5 Å². The van der Waals surface area contributed by atoms with Crippen molar-refractivity contribution in [2.75, 3.05) is 33.3 Å². The standard InChI is InChI=1S/C16H27FN2O2/c1-13(2)19(3)10-4-9-18-11-15(20)12-21-16-7-5-14(17)6-8-16/h5-8,13,15,18,20H,4,9-12H2,1-3H3. The number of hydrogen-bond acceptors (Lipinski definition) is 4. The Bertz CT molecular complexity index is 384. The molecule has 0 saturated carbocycles. The van der Waals surface area contributed by atoms with Crippen molar-refractivity contribution >= 4 is 0 Å². The van der Waals surface area contributed by atoms with Crippen LogP contribution >= 0.6 is 0 Å². The van der Waals surface area contributed by atoms with E-state index < -0.39 is 6.10 Å².